The second kappa shape index (κ2) is 3.22. The lowest BCUT2D eigenvalue weighted by molar-refractivity contribution is 0.476. The maximum atomic E-state index is 9.29. The average molecular weight is 203 g/mol. The fourth-order valence-corrected chi connectivity index (χ4v) is 1.84. The van der Waals surface area contributed by atoms with E-state index in [4.69, 9.17) is 0 Å². The molecule has 0 unspecified atom stereocenters. The standard InChI is InChI=1S/C11H13N3O/c15-9-3-4-11-10(7-9)12-13-14(11)6-5-8-1-2-8/h3-4,7-8,15H,1-2,5-6H2. The van der Waals surface area contributed by atoms with Crippen LogP contribution in [0.3, 0.4) is 0 Å². The maximum absolute atomic E-state index is 9.29. The molecule has 1 aliphatic rings. The minimum atomic E-state index is 0.247. The van der Waals surface area contributed by atoms with Crippen LogP contribution in [-0.2, 0) is 6.54 Å². The quantitative estimate of drug-likeness (QED) is 0.829. The lowest BCUT2D eigenvalue weighted by Gasteiger charge is -2.00. The van der Waals surface area contributed by atoms with Gasteiger partial charge in [0.15, 0.2) is 0 Å². The maximum Gasteiger partial charge on any atom is 0.117 e. The Balaban J connectivity index is 1.89. The van der Waals surface area contributed by atoms with Gasteiger partial charge < -0.3 is 5.11 Å². The first-order valence-electron chi connectivity index (χ1n) is 5.35. The van der Waals surface area contributed by atoms with Crippen molar-refractivity contribution in [2.45, 2.75) is 25.8 Å². The van der Waals surface area contributed by atoms with Gasteiger partial charge in [-0.2, -0.15) is 0 Å². The Morgan fingerprint density at radius 1 is 1.40 bits per heavy atom. The summed E-state index contributed by atoms with van der Waals surface area (Å²) in [7, 11) is 0. The number of fused-ring (bicyclic) bond motifs is 1. The van der Waals surface area contributed by atoms with Gasteiger partial charge in [-0.15, -0.1) is 5.10 Å². The van der Waals surface area contributed by atoms with Crippen molar-refractivity contribution in [3.63, 3.8) is 0 Å². The first-order valence-corrected chi connectivity index (χ1v) is 5.35. The van der Waals surface area contributed by atoms with E-state index in [2.05, 4.69) is 10.3 Å². The summed E-state index contributed by atoms with van der Waals surface area (Å²) in [5, 5.41) is 17.4. The van der Waals surface area contributed by atoms with Crippen molar-refractivity contribution >= 4 is 11.0 Å². The molecule has 1 N–H and O–H groups in total. The van der Waals surface area contributed by atoms with E-state index in [-0.39, 0.29) is 5.75 Å². The Bertz CT molecular complexity index is 488. The van der Waals surface area contributed by atoms with Gasteiger partial charge in [-0.25, -0.2) is 4.68 Å². The molecular formula is C11H13N3O. The van der Waals surface area contributed by atoms with E-state index in [0.717, 1.165) is 23.5 Å². The van der Waals surface area contributed by atoms with E-state index in [0.29, 0.717) is 0 Å². The number of hydrogen-bond acceptors (Lipinski definition) is 3. The Morgan fingerprint density at radius 2 is 2.27 bits per heavy atom. The van der Waals surface area contributed by atoms with Crippen LogP contribution in [0.4, 0.5) is 0 Å². The van der Waals surface area contributed by atoms with Gasteiger partial charge >= 0.3 is 0 Å². The second-order valence-corrected chi connectivity index (χ2v) is 4.22. The number of aromatic hydroxyl groups is 1. The van der Waals surface area contributed by atoms with Crippen molar-refractivity contribution < 1.29 is 5.11 Å². The molecule has 78 valence electrons. The predicted octanol–water partition coefficient (Wildman–Crippen LogP) is 1.94. The Kier molecular flexibility index (Phi) is 1.87. The molecule has 1 aromatic carbocycles. The SMILES string of the molecule is Oc1ccc2c(c1)nnn2CCC1CC1. The van der Waals surface area contributed by atoms with Gasteiger partial charge in [0.2, 0.25) is 0 Å². The molecule has 1 fully saturated rings. The molecule has 1 aliphatic carbocycles. The Labute approximate surface area is 87.5 Å². The molecule has 1 heterocycles. The smallest absolute Gasteiger partial charge is 0.117 e. The van der Waals surface area contributed by atoms with Gasteiger partial charge in [-0.3, -0.25) is 0 Å². The second-order valence-electron chi connectivity index (χ2n) is 4.22. The third-order valence-corrected chi connectivity index (χ3v) is 2.94. The molecule has 1 aromatic heterocycles. The predicted molar refractivity (Wildman–Crippen MR) is 56.5 cm³/mol. The van der Waals surface area contributed by atoms with Crippen molar-refractivity contribution in [1.29, 1.82) is 0 Å². The zero-order valence-corrected chi connectivity index (χ0v) is 8.43. The van der Waals surface area contributed by atoms with Crippen LogP contribution in [0.2, 0.25) is 0 Å². The summed E-state index contributed by atoms with van der Waals surface area (Å²) in [6, 6.07) is 5.20. The summed E-state index contributed by atoms with van der Waals surface area (Å²) < 4.78 is 1.92. The fourth-order valence-electron chi connectivity index (χ4n) is 1.84. The third-order valence-electron chi connectivity index (χ3n) is 2.94. The van der Waals surface area contributed by atoms with Crippen LogP contribution in [0.5, 0.6) is 5.75 Å². The van der Waals surface area contributed by atoms with Crippen molar-refractivity contribution in [1.82, 2.24) is 15.0 Å². The number of phenols is 1. The number of rotatable bonds is 3. The number of benzene rings is 1. The molecule has 0 saturated heterocycles. The van der Waals surface area contributed by atoms with E-state index in [9.17, 15) is 5.11 Å². The molecule has 1 saturated carbocycles. The molecule has 0 amide bonds. The number of aryl methyl sites for hydroxylation is 1. The minimum absolute atomic E-state index is 0.247. The van der Waals surface area contributed by atoms with Crippen molar-refractivity contribution in [2.24, 2.45) is 5.92 Å². The summed E-state index contributed by atoms with van der Waals surface area (Å²) in [6.07, 6.45) is 3.93. The first-order chi connectivity index (χ1) is 7.33. The minimum Gasteiger partial charge on any atom is -0.508 e. The van der Waals surface area contributed by atoms with Gasteiger partial charge in [0, 0.05) is 12.6 Å². The molecule has 0 radical (unpaired) electrons. The lowest BCUT2D eigenvalue weighted by atomic mass is 10.2. The topological polar surface area (TPSA) is 50.9 Å². The van der Waals surface area contributed by atoms with Gasteiger partial charge in [0.25, 0.3) is 0 Å². The van der Waals surface area contributed by atoms with Gasteiger partial charge in [0.05, 0.1) is 5.52 Å². The average Bonchev–Trinajstić information content (AvgIpc) is 2.97. The number of phenolic OH excluding ortho intramolecular Hbond substituents is 1. The summed E-state index contributed by atoms with van der Waals surface area (Å²) in [5.41, 5.74) is 1.78. The van der Waals surface area contributed by atoms with Crippen LogP contribution in [-0.4, -0.2) is 20.1 Å². The van der Waals surface area contributed by atoms with E-state index < -0.39 is 0 Å². The largest absolute Gasteiger partial charge is 0.508 e. The lowest BCUT2D eigenvalue weighted by Crippen LogP contribution is -2.00. The number of aromatic nitrogens is 3. The molecular weight excluding hydrogens is 190 g/mol. The highest BCUT2D eigenvalue weighted by Gasteiger charge is 2.21. The molecule has 4 nitrogen and oxygen atoms in total. The summed E-state index contributed by atoms with van der Waals surface area (Å²) in [6.45, 7) is 0.936. The highest BCUT2D eigenvalue weighted by atomic mass is 16.3. The molecule has 0 bridgehead atoms. The van der Waals surface area contributed by atoms with Crippen LogP contribution < -0.4 is 0 Å². The van der Waals surface area contributed by atoms with E-state index in [1.165, 1.54) is 19.3 Å². The Morgan fingerprint density at radius 3 is 3.07 bits per heavy atom. The Hall–Kier alpha value is -1.58. The molecule has 2 aromatic rings. The molecule has 3 rings (SSSR count). The highest BCUT2D eigenvalue weighted by Crippen LogP contribution is 2.33. The van der Waals surface area contributed by atoms with E-state index in [1.807, 2.05) is 10.7 Å². The molecule has 0 atom stereocenters. The number of hydrogen-bond donors (Lipinski definition) is 1. The summed E-state index contributed by atoms with van der Waals surface area (Å²) >= 11 is 0. The summed E-state index contributed by atoms with van der Waals surface area (Å²) in [5.74, 6) is 1.15. The van der Waals surface area contributed by atoms with Gasteiger partial charge in [0.1, 0.15) is 11.3 Å². The fraction of sp³-hybridized carbons (Fsp3) is 0.455. The van der Waals surface area contributed by atoms with Crippen LogP contribution in [0.15, 0.2) is 18.2 Å². The van der Waals surface area contributed by atoms with Crippen LogP contribution in [0.25, 0.3) is 11.0 Å². The van der Waals surface area contributed by atoms with Crippen molar-refractivity contribution in [2.75, 3.05) is 0 Å². The molecule has 0 spiro atoms. The molecule has 4 heteroatoms. The normalized spacial score (nSPS) is 16.0. The van der Waals surface area contributed by atoms with Crippen LogP contribution in [0.1, 0.15) is 19.3 Å². The third kappa shape index (κ3) is 1.67. The number of nitrogens with zero attached hydrogens (tertiary/aromatic N) is 3. The van der Waals surface area contributed by atoms with Crippen molar-refractivity contribution in [3.8, 4) is 5.75 Å². The van der Waals surface area contributed by atoms with E-state index >= 15 is 0 Å². The zero-order chi connectivity index (χ0) is 10.3. The summed E-state index contributed by atoms with van der Waals surface area (Å²) in [4.78, 5) is 0. The van der Waals surface area contributed by atoms with Gasteiger partial charge in [-0.05, 0) is 24.5 Å². The van der Waals surface area contributed by atoms with Crippen molar-refractivity contribution in [3.05, 3.63) is 18.2 Å². The van der Waals surface area contributed by atoms with E-state index in [1.54, 1.807) is 12.1 Å². The zero-order valence-electron chi connectivity index (χ0n) is 8.43. The van der Waals surface area contributed by atoms with Crippen LogP contribution >= 0.6 is 0 Å². The van der Waals surface area contributed by atoms with Crippen LogP contribution in [0, 0.1) is 5.92 Å². The molecule has 0 aliphatic heterocycles. The highest BCUT2D eigenvalue weighted by molar-refractivity contribution is 5.75. The first kappa shape index (κ1) is 8.71. The molecule has 15 heavy (non-hydrogen) atoms. The van der Waals surface area contributed by atoms with Gasteiger partial charge in [-0.1, -0.05) is 18.1 Å². The monoisotopic (exact) mass is 203 g/mol.